The van der Waals surface area contributed by atoms with Gasteiger partial charge in [0.05, 0.1) is 16.6 Å². The Morgan fingerprint density at radius 2 is 1.91 bits per heavy atom. The maximum absolute atomic E-state index is 13.1. The summed E-state index contributed by atoms with van der Waals surface area (Å²) in [7, 11) is -3.78. The van der Waals surface area contributed by atoms with Crippen LogP contribution >= 0.6 is 0 Å². The van der Waals surface area contributed by atoms with Gasteiger partial charge in [-0.3, -0.25) is 9.10 Å². The Morgan fingerprint density at radius 3 is 2.65 bits per heavy atom. The number of anilines is 1. The zero-order chi connectivity index (χ0) is 16.6. The molecular formula is C17H17NO4S. The molecule has 0 saturated heterocycles. The van der Waals surface area contributed by atoms with Crippen LogP contribution < -0.4 is 9.04 Å². The molecule has 0 radical (unpaired) electrons. The van der Waals surface area contributed by atoms with Crippen molar-refractivity contribution >= 4 is 21.5 Å². The molecule has 1 unspecified atom stereocenters. The van der Waals surface area contributed by atoms with E-state index in [2.05, 4.69) is 0 Å². The predicted octanol–water partition coefficient (Wildman–Crippen LogP) is 2.87. The molecule has 0 amide bonds. The molecule has 0 bridgehead atoms. The minimum Gasteiger partial charge on any atom is -0.489 e. The molecule has 1 heterocycles. The largest absolute Gasteiger partial charge is 0.489 e. The van der Waals surface area contributed by atoms with Gasteiger partial charge in [0.1, 0.15) is 12.4 Å². The number of nitrogens with zero attached hydrogens (tertiary/aromatic N) is 1. The number of rotatable bonds is 3. The van der Waals surface area contributed by atoms with E-state index in [9.17, 15) is 13.2 Å². The van der Waals surface area contributed by atoms with Crippen molar-refractivity contribution in [3.05, 3.63) is 54.1 Å². The number of Topliss-reactive ketones (excluding diaryl/α,β-unsaturated/α-hetero) is 1. The molecular weight excluding hydrogens is 314 g/mol. The van der Waals surface area contributed by atoms with Crippen LogP contribution in [0.4, 0.5) is 5.69 Å². The molecule has 0 saturated carbocycles. The number of ether oxygens (including phenoxy) is 1. The number of hydrogen-bond acceptors (Lipinski definition) is 4. The fraction of sp³-hybridized carbons (Fsp3) is 0.235. The second-order valence-corrected chi connectivity index (χ2v) is 7.33. The first-order valence-electron chi connectivity index (χ1n) is 7.28. The maximum atomic E-state index is 13.1. The van der Waals surface area contributed by atoms with E-state index in [1.54, 1.807) is 43.3 Å². The topological polar surface area (TPSA) is 63.7 Å². The lowest BCUT2D eigenvalue weighted by molar-refractivity contribution is 0.101. The number of hydrogen-bond donors (Lipinski definition) is 0. The average Bonchev–Trinajstić information content (AvgIpc) is 2.54. The molecule has 0 aliphatic carbocycles. The number of sulfonamides is 1. The van der Waals surface area contributed by atoms with Crippen LogP contribution in [0.25, 0.3) is 0 Å². The van der Waals surface area contributed by atoms with Crippen LogP contribution in [0.3, 0.4) is 0 Å². The number of para-hydroxylation sites is 2. The number of carbonyl (C=O) groups excluding carboxylic acids is 1. The molecule has 1 atom stereocenters. The molecule has 1 aliphatic rings. The highest BCUT2D eigenvalue weighted by Gasteiger charge is 2.34. The number of carbonyl (C=O) groups is 1. The maximum Gasteiger partial charge on any atom is 0.264 e. The highest BCUT2D eigenvalue weighted by molar-refractivity contribution is 7.92. The van der Waals surface area contributed by atoms with E-state index in [4.69, 9.17) is 4.74 Å². The van der Waals surface area contributed by atoms with Gasteiger partial charge >= 0.3 is 0 Å². The van der Waals surface area contributed by atoms with Crippen molar-refractivity contribution in [2.24, 2.45) is 0 Å². The Kier molecular flexibility index (Phi) is 3.85. The molecule has 6 heteroatoms. The van der Waals surface area contributed by atoms with E-state index in [1.807, 2.05) is 0 Å². The molecule has 1 aliphatic heterocycles. The van der Waals surface area contributed by atoms with E-state index in [0.29, 0.717) is 17.0 Å². The SMILES string of the molecule is CC(=O)c1cccc(S(=O)(=O)N2c3ccccc3OCC2C)c1. The molecule has 0 N–H and O–H groups in total. The summed E-state index contributed by atoms with van der Waals surface area (Å²) < 4.78 is 33.2. The lowest BCUT2D eigenvalue weighted by Crippen LogP contribution is -2.45. The highest BCUT2D eigenvalue weighted by atomic mass is 32.2. The molecule has 5 nitrogen and oxygen atoms in total. The summed E-state index contributed by atoms with van der Waals surface area (Å²) in [6.45, 7) is 3.49. The Balaban J connectivity index is 2.13. The zero-order valence-electron chi connectivity index (χ0n) is 12.9. The van der Waals surface area contributed by atoms with Gasteiger partial charge in [-0.05, 0) is 38.1 Å². The van der Waals surface area contributed by atoms with Crippen molar-refractivity contribution in [2.45, 2.75) is 24.8 Å². The van der Waals surface area contributed by atoms with Gasteiger partial charge in [-0.2, -0.15) is 0 Å². The van der Waals surface area contributed by atoms with Crippen molar-refractivity contribution in [2.75, 3.05) is 10.9 Å². The number of benzene rings is 2. The smallest absolute Gasteiger partial charge is 0.264 e. The zero-order valence-corrected chi connectivity index (χ0v) is 13.7. The third-order valence-corrected chi connectivity index (χ3v) is 5.70. The van der Waals surface area contributed by atoms with Crippen LogP contribution in [0.1, 0.15) is 24.2 Å². The minimum absolute atomic E-state index is 0.105. The summed E-state index contributed by atoms with van der Waals surface area (Å²) in [5, 5.41) is 0. The van der Waals surface area contributed by atoms with Crippen LogP contribution in [0.2, 0.25) is 0 Å². The predicted molar refractivity (Wildman–Crippen MR) is 87.5 cm³/mol. The third-order valence-electron chi connectivity index (χ3n) is 3.78. The van der Waals surface area contributed by atoms with Gasteiger partial charge in [-0.15, -0.1) is 0 Å². The summed E-state index contributed by atoms with van der Waals surface area (Å²) in [6, 6.07) is 12.8. The molecule has 2 aromatic carbocycles. The summed E-state index contributed by atoms with van der Waals surface area (Å²) >= 11 is 0. The molecule has 0 aromatic heterocycles. The van der Waals surface area contributed by atoms with Crippen LogP contribution in [0, 0.1) is 0 Å². The van der Waals surface area contributed by atoms with Crippen LogP contribution in [0.15, 0.2) is 53.4 Å². The fourth-order valence-electron chi connectivity index (χ4n) is 2.63. The summed E-state index contributed by atoms with van der Waals surface area (Å²) in [4.78, 5) is 11.6. The van der Waals surface area contributed by atoms with Gasteiger partial charge in [0.2, 0.25) is 0 Å². The van der Waals surface area contributed by atoms with E-state index in [-0.39, 0.29) is 23.3 Å². The van der Waals surface area contributed by atoms with Gasteiger partial charge in [-0.1, -0.05) is 24.3 Å². The molecule has 0 fully saturated rings. The number of fused-ring (bicyclic) bond motifs is 1. The quantitative estimate of drug-likeness (QED) is 0.811. The summed E-state index contributed by atoms with van der Waals surface area (Å²) in [5.74, 6) is 0.370. The molecule has 0 spiro atoms. The molecule has 2 aromatic rings. The molecule has 120 valence electrons. The van der Waals surface area contributed by atoms with E-state index >= 15 is 0 Å². The van der Waals surface area contributed by atoms with E-state index in [1.165, 1.54) is 23.4 Å². The van der Waals surface area contributed by atoms with Gasteiger partial charge in [0, 0.05) is 5.56 Å². The van der Waals surface area contributed by atoms with Crippen molar-refractivity contribution in [1.82, 2.24) is 0 Å². The standard InChI is InChI=1S/C17H17NO4S/c1-12-11-22-17-9-4-3-8-16(17)18(12)23(20,21)15-7-5-6-14(10-15)13(2)19/h3-10,12H,11H2,1-2H3. The van der Waals surface area contributed by atoms with Crippen molar-refractivity contribution in [1.29, 1.82) is 0 Å². The second kappa shape index (κ2) is 5.70. The first kappa shape index (κ1) is 15.6. The normalized spacial score (nSPS) is 17.3. The van der Waals surface area contributed by atoms with E-state index < -0.39 is 10.0 Å². The Morgan fingerprint density at radius 1 is 1.17 bits per heavy atom. The summed E-state index contributed by atoms with van der Waals surface area (Å²) in [5.41, 5.74) is 0.889. The van der Waals surface area contributed by atoms with Gasteiger partial charge in [0.25, 0.3) is 10.0 Å². The van der Waals surface area contributed by atoms with Crippen LogP contribution in [-0.2, 0) is 10.0 Å². The Labute approximate surface area is 135 Å². The first-order chi connectivity index (χ1) is 10.9. The molecule has 3 rings (SSSR count). The Bertz CT molecular complexity index is 860. The van der Waals surface area contributed by atoms with Crippen molar-refractivity contribution < 1.29 is 17.9 Å². The molecule has 23 heavy (non-hydrogen) atoms. The van der Waals surface area contributed by atoms with Crippen molar-refractivity contribution in [3.8, 4) is 5.75 Å². The lowest BCUT2D eigenvalue weighted by Gasteiger charge is -2.35. The van der Waals surface area contributed by atoms with E-state index in [0.717, 1.165) is 0 Å². The highest BCUT2D eigenvalue weighted by Crippen LogP contribution is 2.37. The van der Waals surface area contributed by atoms with Gasteiger partial charge in [0.15, 0.2) is 5.78 Å². The van der Waals surface area contributed by atoms with Crippen LogP contribution in [-0.4, -0.2) is 26.8 Å². The Hall–Kier alpha value is -2.34. The first-order valence-corrected chi connectivity index (χ1v) is 8.72. The third kappa shape index (κ3) is 2.70. The van der Waals surface area contributed by atoms with Crippen molar-refractivity contribution in [3.63, 3.8) is 0 Å². The minimum atomic E-state index is -3.78. The van der Waals surface area contributed by atoms with Crippen LogP contribution in [0.5, 0.6) is 5.75 Å². The lowest BCUT2D eigenvalue weighted by atomic mass is 10.2. The van der Waals surface area contributed by atoms with Gasteiger partial charge < -0.3 is 4.74 Å². The average molecular weight is 331 g/mol. The monoisotopic (exact) mass is 331 g/mol. The summed E-state index contributed by atoms with van der Waals surface area (Å²) in [6.07, 6.45) is 0. The second-order valence-electron chi connectivity index (χ2n) is 5.51. The fourth-order valence-corrected chi connectivity index (χ4v) is 4.33. The van der Waals surface area contributed by atoms with Gasteiger partial charge in [-0.25, -0.2) is 8.42 Å². The number of ketones is 1.